The van der Waals surface area contributed by atoms with Gasteiger partial charge in [-0.2, -0.15) is 0 Å². The Hall–Kier alpha value is -4.35. The van der Waals surface area contributed by atoms with Crippen molar-refractivity contribution in [2.75, 3.05) is 0 Å². The Bertz CT molecular complexity index is 1370. The number of ketones is 1. The van der Waals surface area contributed by atoms with E-state index in [2.05, 4.69) is 4.98 Å². The van der Waals surface area contributed by atoms with E-state index in [9.17, 15) is 14.7 Å². The van der Waals surface area contributed by atoms with Gasteiger partial charge in [-0.15, -0.1) is 0 Å². The number of carbonyl (C=O) groups excluding carboxylic acids is 2. The first-order valence-corrected chi connectivity index (χ1v) is 11.0. The average molecular weight is 447 g/mol. The van der Waals surface area contributed by atoms with E-state index in [0.717, 1.165) is 0 Å². The fourth-order valence-electron chi connectivity index (χ4n) is 4.29. The van der Waals surface area contributed by atoms with Crippen LogP contribution in [0.15, 0.2) is 109 Å². The minimum Gasteiger partial charge on any atom is -0.388 e. The number of aromatic nitrogens is 2. The smallest absolute Gasteiger partial charge is 0.262 e. The third-order valence-corrected chi connectivity index (χ3v) is 5.92. The first kappa shape index (κ1) is 21.5. The number of hydrogen-bond donors (Lipinski definition) is 1. The van der Waals surface area contributed by atoms with Crippen molar-refractivity contribution in [3.05, 3.63) is 137 Å². The second-order valence-corrected chi connectivity index (χ2v) is 8.05. The van der Waals surface area contributed by atoms with Crippen LogP contribution < -0.4 is 0 Å². The van der Waals surface area contributed by atoms with E-state index < -0.39 is 6.10 Å². The van der Waals surface area contributed by atoms with Crippen LogP contribution in [0.25, 0.3) is 10.9 Å². The van der Waals surface area contributed by atoms with Crippen LogP contribution in [-0.4, -0.2) is 26.3 Å². The predicted molar refractivity (Wildman–Crippen MR) is 131 cm³/mol. The molecule has 0 saturated carbocycles. The molecule has 0 radical (unpaired) electrons. The molecule has 0 spiro atoms. The molecular formula is C29H22N2O3. The van der Waals surface area contributed by atoms with Crippen molar-refractivity contribution in [2.45, 2.75) is 12.5 Å². The van der Waals surface area contributed by atoms with Crippen LogP contribution in [0.4, 0.5) is 0 Å². The molecule has 0 aliphatic rings. The standard InChI is InChI=1S/C29H22N2O3/c32-26(22-14-9-17-30-19-22)18-25-27(28(33)20-10-3-1-4-11-20)23-15-7-8-16-24(23)31(25)29(34)21-12-5-2-6-13-21/h1-17,19,26,32H,18H2/t26-/m1/s1. The summed E-state index contributed by atoms with van der Waals surface area (Å²) in [5.41, 5.74) is 3.16. The van der Waals surface area contributed by atoms with Gasteiger partial charge in [0.25, 0.3) is 5.91 Å². The normalized spacial score (nSPS) is 11.9. The summed E-state index contributed by atoms with van der Waals surface area (Å²) in [4.78, 5) is 31.6. The lowest BCUT2D eigenvalue weighted by atomic mass is 9.96. The zero-order valence-electron chi connectivity index (χ0n) is 18.3. The molecule has 0 aliphatic heterocycles. The van der Waals surface area contributed by atoms with Gasteiger partial charge in [0.2, 0.25) is 0 Å². The van der Waals surface area contributed by atoms with E-state index in [1.807, 2.05) is 48.5 Å². The number of benzene rings is 3. The maximum absolute atomic E-state index is 13.8. The Balaban J connectivity index is 1.75. The van der Waals surface area contributed by atoms with Gasteiger partial charge in [-0.3, -0.25) is 19.1 Å². The Morgan fingerprint density at radius 3 is 2.12 bits per heavy atom. The number of rotatable bonds is 6. The quantitative estimate of drug-likeness (QED) is 0.363. The zero-order chi connectivity index (χ0) is 23.5. The number of hydrogen-bond acceptors (Lipinski definition) is 4. The van der Waals surface area contributed by atoms with Gasteiger partial charge in [-0.05, 0) is 29.8 Å². The van der Waals surface area contributed by atoms with E-state index in [4.69, 9.17) is 0 Å². The Kier molecular flexibility index (Phi) is 5.85. The monoisotopic (exact) mass is 446 g/mol. The van der Waals surface area contributed by atoms with Crippen molar-refractivity contribution in [1.29, 1.82) is 0 Å². The second kappa shape index (κ2) is 9.25. The number of nitrogens with zero attached hydrogens (tertiary/aromatic N) is 2. The summed E-state index contributed by atoms with van der Waals surface area (Å²) in [6.45, 7) is 0. The lowest BCUT2D eigenvalue weighted by Gasteiger charge is -2.15. The molecule has 5 rings (SSSR count). The Morgan fingerprint density at radius 1 is 0.794 bits per heavy atom. The number of aliphatic hydroxyl groups excluding tert-OH is 1. The van der Waals surface area contributed by atoms with Crippen LogP contribution in [0, 0.1) is 0 Å². The molecule has 3 aromatic carbocycles. The first-order valence-electron chi connectivity index (χ1n) is 11.0. The van der Waals surface area contributed by atoms with Crippen LogP contribution in [-0.2, 0) is 6.42 Å². The number of carbonyl (C=O) groups is 2. The largest absolute Gasteiger partial charge is 0.388 e. The summed E-state index contributed by atoms with van der Waals surface area (Å²) in [6.07, 6.45) is 2.36. The minimum absolute atomic E-state index is 0.0762. The lowest BCUT2D eigenvalue weighted by Crippen LogP contribution is -2.19. The van der Waals surface area contributed by atoms with E-state index >= 15 is 0 Å². The van der Waals surface area contributed by atoms with Crippen LogP contribution in [0.1, 0.15) is 43.6 Å². The summed E-state index contributed by atoms with van der Waals surface area (Å²) in [5, 5.41) is 11.8. The Morgan fingerprint density at radius 2 is 1.44 bits per heavy atom. The summed E-state index contributed by atoms with van der Waals surface area (Å²) in [7, 11) is 0. The van der Waals surface area contributed by atoms with Gasteiger partial charge < -0.3 is 5.11 Å². The molecule has 2 aromatic heterocycles. The number of pyridine rings is 1. The molecule has 0 unspecified atom stereocenters. The highest BCUT2D eigenvalue weighted by Gasteiger charge is 2.28. The van der Waals surface area contributed by atoms with Gasteiger partial charge in [0.05, 0.1) is 17.2 Å². The molecule has 0 aliphatic carbocycles. The zero-order valence-corrected chi connectivity index (χ0v) is 18.3. The summed E-state index contributed by atoms with van der Waals surface area (Å²) in [6, 6.07) is 28.8. The van der Waals surface area contributed by atoms with E-state index in [1.54, 1.807) is 65.5 Å². The maximum Gasteiger partial charge on any atom is 0.262 e. The van der Waals surface area contributed by atoms with Gasteiger partial charge in [-0.1, -0.05) is 72.8 Å². The van der Waals surface area contributed by atoms with Crippen molar-refractivity contribution in [1.82, 2.24) is 9.55 Å². The van der Waals surface area contributed by atoms with Crippen molar-refractivity contribution >= 4 is 22.6 Å². The summed E-state index contributed by atoms with van der Waals surface area (Å²) < 4.78 is 1.57. The molecule has 5 aromatic rings. The van der Waals surface area contributed by atoms with Gasteiger partial charge in [0.15, 0.2) is 5.78 Å². The molecule has 0 amide bonds. The van der Waals surface area contributed by atoms with Gasteiger partial charge in [-0.25, -0.2) is 0 Å². The molecule has 5 heteroatoms. The van der Waals surface area contributed by atoms with Crippen molar-refractivity contribution in [2.24, 2.45) is 0 Å². The van der Waals surface area contributed by atoms with Crippen molar-refractivity contribution < 1.29 is 14.7 Å². The van der Waals surface area contributed by atoms with E-state index in [0.29, 0.717) is 38.9 Å². The number of fused-ring (bicyclic) bond motifs is 1. The summed E-state index contributed by atoms with van der Waals surface area (Å²) in [5.74, 6) is -0.443. The molecule has 0 bridgehead atoms. The van der Waals surface area contributed by atoms with Gasteiger partial charge in [0.1, 0.15) is 0 Å². The van der Waals surface area contributed by atoms with Gasteiger partial charge >= 0.3 is 0 Å². The third-order valence-electron chi connectivity index (χ3n) is 5.92. The second-order valence-electron chi connectivity index (χ2n) is 8.05. The highest BCUT2D eigenvalue weighted by atomic mass is 16.3. The number of aliphatic hydroxyl groups is 1. The van der Waals surface area contributed by atoms with Gasteiger partial charge in [0, 0.05) is 41.0 Å². The highest BCUT2D eigenvalue weighted by Crippen LogP contribution is 2.32. The minimum atomic E-state index is -0.942. The van der Waals surface area contributed by atoms with Crippen LogP contribution in [0.2, 0.25) is 0 Å². The molecule has 166 valence electrons. The molecule has 0 saturated heterocycles. The molecule has 1 atom stereocenters. The molecule has 34 heavy (non-hydrogen) atoms. The molecular weight excluding hydrogens is 424 g/mol. The van der Waals surface area contributed by atoms with Crippen LogP contribution >= 0.6 is 0 Å². The molecule has 5 nitrogen and oxygen atoms in total. The fourth-order valence-corrected chi connectivity index (χ4v) is 4.29. The van der Waals surface area contributed by atoms with Crippen molar-refractivity contribution in [3.8, 4) is 0 Å². The van der Waals surface area contributed by atoms with E-state index in [1.165, 1.54) is 0 Å². The van der Waals surface area contributed by atoms with E-state index in [-0.39, 0.29) is 18.1 Å². The first-order chi connectivity index (χ1) is 16.6. The highest BCUT2D eigenvalue weighted by molar-refractivity contribution is 6.19. The lowest BCUT2D eigenvalue weighted by molar-refractivity contribution is 0.0958. The average Bonchev–Trinajstić information content (AvgIpc) is 3.22. The topological polar surface area (TPSA) is 72.2 Å². The van der Waals surface area contributed by atoms with Crippen molar-refractivity contribution in [3.63, 3.8) is 0 Å². The fraction of sp³-hybridized carbons (Fsp3) is 0.0690. The predicted octanol–water partition coefficient (Wildman–Crippen LogP) is 5.23. The summed E-state index contributed by atoms with van der Waals surface area (Å²) >= 11 is 0. The third kappa shape index (κ3) is 3.93. The molecule has 2 heterocycles. The SMILES string of the molecule is O=C(c1ccccc1)c1c(C[C@@H](O)c2cccnc2)n(C(=O)c2ccccc2)c2ccccc12. The molecule has 1 N–H and O–H groups in total. The molecule has 0 fully saturated rings. The Labute approximate surface area is 197 Å². The number of para-hydroxylation sites is 1. The maximum atomic E-state index is 13.8. The van der Waals surface area contributed by atoms with Crippen LogP contribution in [0.3, 0.4) is 0 Å². The van der Waals surface area contributed by atoms with Crippen LogP contribution in [0.5, 0.6) is 0 Å².